The van der Waals surface area contributed by atoms with Crippen LogP contribution in [0, 0.1) is 17.0 Å². The molecule has 0 atom stereocenters. The Morgan fingerprint density at radius 1 is 1.20 bits per heavy atom. The summed E-state index contributed by atoms with van der Waals surface area (Å²) >= 11 is 1.28. The van der Waals surface area contributed by atoms with E-state index in [0.29, 0.717) is 22.0 Å². The number of nitrogen functional groups attached to an aromatic ring is 2. The molecule has 0 saturated heterocycles. The van der Waals surface area contributed by atoms with Crippen molar-refractivity contribution in [3.63, 3.8) is 0 Å². The number of pyridine rings is 1. The molecular weight excluding hydrogens is 282 g/mol. The Hall–Kier alpha value is -2.15. The molecule has 0 aliphatic rings. The number of rotatable bonds is 4. The number of nitrogens with one attached hydrogen (secondary N) is 1. The Morgan fingerprint density at radius 2 is 1.85 bits per heavy atom. The van der Waals surface area contributed by atoms with Gasteiger partial charge in [-0.05, 0) is 29.8 Å². The molecule has 0 unspecified atom stereocenters. The van der Waals surface area contributed by atoms with Crippen LogP contribution in [-0.2, 0) is 5.75 Å². The topological polar surface area (TPSA) is 88.8 Å². The number of nitrogens with zero attached hydrogens (tertiary/aromatic N) is 1. The zero-order chi connectivity index (χ0) is 14.7. The van der Waals surface area contributed by atoms with E-state index in [1.807, 2.05) is 0 Å². The summed E-state index contributed by atoms with van der Waals surface area (Å²) in [5, 5.41) is 7.93. The SMILES string of the molecule is N=C(N)c1nc(SCc2cc(F)cc(F)c2)ccc1N. The molecule has 5 N–H and O–H groups in total. The third-order valence-corrected chi connectivity index (χ3v) is 3.47. The summed E-state index contributed by atoms with van der Waals surface area (Å²) in [4.78, 5) is 4.13. The first-order valence-electron chi connectivity index (χ1n) is 5.64. The van der Waals surface area contributed by atoms with Crippen LogP contribution < -0.4 is 11.5 Å². The van der Waals surface area contributed by atoms with E-state index in [0.717, 1.165) is 6.07 Å². The average Bonchev–Trinajstić information content (AvgIpc) is 2.36. The summed E-state index contributed by atoms with van der Waals surface area (Å²) in [5.74, 6) is -1.10. The Kier molecular flexibility index (Phi) is 4.19. The number of aromatic nitrogens is 1. The molecule has 7 heteroatoms. The summed E-state index contributed by atoms with van der Waals surface area (Å²) in [6.45, 7) is 0. The van der Waals surface area contributed by atoms with Crippen molar-refractivity contribution in [2.75, 3.05) is 5.73 Å². The van der Waals surface area contributed by atoms with Crippen LogP contribution in [0.3, 0.4) is 0 Å². The average molecular weight is 294 g/mol. The fraction of sp³-hybridized carbons (Fsp3) is 0.0769. The van der Waals surface area contributed by atoms with Gasteiger partial charge >= 0.3 is 0 Å². The van der Waals surface area contributed by atoms with Gasteiger partial charge in [0.05, 0.1) is 10.7 Å². The molecule has 2 rings (SSSR count). The molecular formula is C13H12F2N4S. The smallest absolute Gasteiger partial charge is 0.144 e. The van der Waals surface area contributed by atoms with E-state index >= 15 is 0 Å². The minimum absolute atomic E-state index is 0.209. The van der Waals surface area contributed by atoms with Crippen LogP contribution in [0.15, 0.2) is 35.4 Å². The molecule has 0 amide bonds. The molecule has 0 saturated carbocycles. The van der Waals surface area contributed by atoms with Gasteiger partial charge in [0, 0.05) is 11.8 Å². The molecule has 20 heavy (non-hydrogen) atoms. The molecule has 104 valence electrons. The van der Waals surface area contributed by atoms with Crippen LogP contribution in [0.4, 0.5) is 14.5 Å². The lowest BCUT2D eigenvalue weighted by atomic mass is 10.2. The number of hydrogen-bond acceptors (Lipinski definition) is 4. The summed E-state index contributed by atoms with van der Waals surface area (Å²) < 4.78 is 26.1. The van der Waals surface area contributed by atoms with Gasteiger partial charge < -0.3 is 11.5 Å². The van der Waals surface area contributed by atoms with E-state index in [9.17, 15) is 8.78 Å². The molecule has 0 aliphatic heterocycles. The van der Waals surface area contributed by atoms with E-state index in [1.165, 1.54) is 23.9 Å². The summed E-state index contributed by atoms with van der Waals surface area (Å²) in [6.07, 6.45) is 0. The Morgan fingerprint density at radius 3 is 2.45 bits per heavy atom. The quantitative estimate of drug-likeness (QED) is 0.459. The van der Waals surface area contributed by atoms with Gasteiger partial charge in [-0.1, -0.05) is 0 Å². The first kappa shape index (κ1) is 14.3. The molecule has 0 bridgehead atoms. The van der Waals surface area contributed by atoms with Crippen LogP contribution in [0.5, 0.6) is 0 Å². The maximum atomic E-state index is 13.1. The lowest BCUT2D eigenvalue weighted by molar-refractivity contribution is 0.581. The number of nitrogens with two attached hydrogens (primary N) is 2. The largest absolute Gasteiger partial charge is 0.397 e. The summed E-state index contributed by atoms with van der Waals surface area (Å²) in [7, 11) is 0. The zero-order valence-electron chi connectivity index (χ0n) is 10.4. The van der Waals surface area contributed by atoms with Crippen molar-refractivity contribution in [3.05, 3.63) is 53.2 Å². The molecule has 1 aromatic carbocycles. The molecule has 0 spiro atoms. The van der Waals surface area contributed by atoms with Crippen molar-refractivity contribution in [1.29, 1.82) is 5.41 Å². The minimum Gasteiger partial charge on any atom is -0.397 e. The maximum Gasteiger partial charge on any atom is 0.144 e. The van der Waals surface area contributed by atoms with Crippen molar-refractivity contribution < 1.29 is 8.78 Å². The Labute approximate surface area is 118 Å². The van der Waals surface area contributed by atoms with E-state index in [-0.39, 0.29) is 11.5 Å². The van der Waals surface area contributed by atoms with Gasteiger partial charge in [0.2, 0.25) is 0 Å². The predicted octanol–water partition coefficient (Wildman–Crippen LogP) is 2.52. The number of benzene rings is 1. The highest BCUT2D eigenvalue weighted by Crippen LogP contribution is 2.23. The number of halogens is 2. The van der Waals surface area contributed by atoms with Crippen LogP contribution in [0.2, 0.25) is 0 Å². The zero-order valence-corrected chi connectivity index (χ0v) is 11.2. The predicted molar refractivity (Wildman–Crippen MR) is 75.6 cm³/mol. The summed E-state index contributed by atoms with van der Waals surface area (Å²) in [5.41, 5.74) is 12.0. The number of hydrogen-bond donors (Lipinski definition) is 3. The second-order valence-corrected chi connectivity index (χ2v) is 5.06. The third-order valence-electron chi connectivity index (χ3n) is 2.47. The third kappa shape index (κ3) is 3.45. The monoisotopic (exact) mass is 294 g/mol. The van der Waals surface area contributed by atoms with Gasteiger partial charge in [-0.25, -0.2) is 13.8 Å². The van der Waals surface area contributed by atoms with Crippen molar-refractivity contribution in [3.8, 4) is 0 Å². The Bertz CT molecular complexity index is 641. The molecule has 1 aromatic heterocycles. The van der Waals surface area contributed by atoms with Gasteiger partial charge in [-0.3, -0.25) is 5.41 Å². The molecule has 0 fully saturated rings. The lowest BCUT2D eigenvalue weighted by Gasteiger charge is -2.06. The highest BCUT2D eigenvalue weighted by Gasteiger charge is 2.07. The van der Waals surface area contributed by atoms with Crippen molar-refractivity contribution in [2.24, 2.45) is 5.73 Å². The van der Waals surface area contributed by atoms with E-state index < -0.39 is 11.6 Å². The molecule has 4 nitrogen and oxygen atoms in total. The standard InChI is InChI=1S/C13H12F2N4S/c14-8-3-7(4-9(15)5-8)6-20-11-2-1-10(16)12(19-11)13(17)18/h1-5H,6,16H2,(H3,17,18). The van der Waals surface area contributed by atoms with Gasteiger partial charge in [0.15, 0.2) is 0 Å². The minimum atomic E-state index is -0.615. The molecule has 0 aliphatic carbocycles. The maximum absolute atomic E-state index is 13.1. The number of amidine groups is 1. The first-order chi connectivity index (χ1) is 9.45. The van der Waals surface area contributed by atoms with E-state index in [4.69, 9.17) is 16.9 Å². The first-order valence-corrected chi connectivity index (χ1v) is 6.63. The van der Waals surface area contributed by atoms with Crippen LogP contribution >= 0.6 is 11.8 Å². The van der Waals surface area contributed by atoms with Crippen molar-refractivity contribution in [1.82, 2.24) is 4.98 Å². The van der Waals surface area contributed by atoms with E-state index in [2.05, 4.69) is 4.98 Å². The highest BCUT2D eigenvalue weighted by molar-refractivity contribution is 7.98. The summed E-state index contributed by atoms with van der Waals surface area (Å²) in [6, 6.07) is 6.61. The van der Waals surface area contributed by atoms with Crippen molar-refractivity contribution >= 4 is 23.3 Å². The molecule has 2 aromatic rings. The van der Waals surface area contributed by atoms with Gasteiger partial charge in [-0.2, -0.15) is 0 Å². The van der Waals surface area contributed by atoms with Gasteiger partial charge in [0.25, 0.3) is 0 Å². The van der Waals surface area contributed by atoms with Gasteiger partial charge in [0.1, 0.15) is 23.2 Å². The second kappa shape index (κ2) is 5.87. The highest BCUT2D eigenvalue weighted by atomic mass is 32.2. The van der Waals surface area contributed by atoms with Crippen LogP contribution in [-0.4, -0.2) is 10.8 Å². The van der Waals surface area contributed by atoms with Crippen LogP contribution in [0.25, 0.3) is 0 Å². The van der Waals surface area contributed by atoms with Gasteiger partial charge in [-0.15, -0.1) is 11.8 Å². The second-order valence-electron chi connectivity index (χ2n) is 4.07. The Balaban J connectivity index is 2.14. The molecule has 0 radical (unpaired) electrons. The van der Waals surface area contributed by atoms with Crippen molar-refractivity contribution in [2.45, 2.75) is 10.8 Å². The fourth-order valence-corrected chi connectivity index (χ4v) is 2.40. The van der Waals surface area contributed by atoms with Crippen LogP contribution in [0.1, 0.15) is 11.3 Å². The normalized spacial score (nSPS) is 10.5. The fourth-order valence-electron chi connectivity index (χ4n) is 1.60. The lowest BCUT2D eigenvalue weighted by Crippen LogP contribution is -2.15. The molecule has 1 heterocycles. The van der Waals surface area contributed by atoms with E-state index in [1.54, 1.807) is 12.1 Å². The number of thioether (sulfide) groups is 1. The number of anilines is 1.